The van der Waals surface area contributed by atoms with Gasteiger partial charge in [-0.25, -0.2) is 0 Å². The Morgan fingerprint density at radius 3 is 2.30 bits per heavy atom. The summed E-state index contributed by atoms with van der Waals surface area (Å²) in [4.78, 5) is 42.4. The summed E-state index contributed by atoms with van der Waals surface area (Å²) in [5.74, 6) is -0.154. The number of rotatable bonds is 4. The van der Waals surface area contributed by atoms with Gasteiger partial charge in [-0.05, 0) is 121 Å². The lowest BCUT2D eigenvalue weighted by Gasteiger charge is -2.55. The second-order valence-corrected chi connectivity index (χ2v) is 14.6. The Morgan fingerprint density at radius 2 is 1.56 bits per heavy atom. The van der Waals surface area contributed by atoms with E-state index in [0.717, 1.165) is 75.6 Å². The van der Waals surface area contributed by atoms with E-state index in [0.29, 0.717) is 0 Å². The molecule has 0 aromatic heterocycles. The topological polar surface area (TPSA) is 119 Å². The Labute approximate surface area is 256 Å². The van der Waals surface area contributed by atoms with E-state index in [1.54, 1.807) is 7.05 Å². The Hall–Kier alpha value is -3.19. The molecule has 7 nitrogen and oxygen atoms in total. The maximum absolute atomic E-state index is 14.5. The fourth-order valence-electron chi connectivity index (χ4n) is 10.1. The van der Waals surface area contributed by atoms with Crippen LogP contribution in [0.4, 0.5) is 11.4 Å². The number of nitrogens with two attached hydrogens (primary N) is 2. The Bertz CT molecular complexity index is 1470. The van der Waals surface area contributed by atoms with Gasteiger partial charge in [0.25, 0.3) is 0 Å². The van der Waals surface area contributed by atoms with Gasteiger partial charge in [0, 0.05) is 24.3 Å². The average Bonchev–Trinajstić information content (AvgIpc) is 2.99. The summed E-state index contributed by atoms with van der Waals surface area (Å²) in [6, 6.07) is 12.4. The highest BCUT2D eigenvalue weighted by molar-refractivity contribution is 5.99. The highest BCUT2D eigenvalue weighted by Gasteiger charge is 2.57. The number of hydrogen-bond donors (Lipinski definition) is 3. The van der Waals surface area contributed by atoms with Gasteiger partial charge in [-0.1, -0.05) is 45.7 Å². The first-order valence-electron chi connectivity index (χ1n) is 16.3. The summed E-state index contributed by atoms with van der Waals surface area (Å²) in [6.45, 7) is 6.66. The number of nitrogens with zero attached hydrogens (tertiary/aromatic N) is 1. The molecule has 5 unspecified atom stereocenters. The number of nitrogens with one attached hydrogen (secondary N) is 1. The van der Waals surface area contributed by atoms with Gasteiger partial charge in [0.2, 0.25) is 17.7 Å². The van der Waals surface area contributed by atoms with E-state index in [1.165, 1.54) is 27.2 Å². The van der Waals surface area contributed by atoms with Gasteiger partial charge in [0.05, 0.1) is 12.0 Å². The standard InChI is InChI=1S/C36H48N4O3/c1-34-16-5-7-26(27(34)14-10-23-9-13-25(20-29(23)34)39-31(41)21-37)32(42)40(4)33(43)36(3)18-6-17-35(2)28-19-24(38)12-8-22(28)11-15-30(35)36/h8-9,12-13,19-20,26-27,30H,5-7,10-11,14-18,21,37-38H2,1-4H3,(H,39,41)/t26?,27?,30?,34?,35?,36-/m0/s1. The van der Waals surface area contributed by atoms with Gasteiger partial charge in [-0.2, -0.15) is 0 Å². The molecule has 2 aromatic rings. The van der Waals surface area contributed by atoms with Crippen LogP contribution in [0.1, 0.15) is 94.4 Å². The molecular weight excluding hydrogens is 536 g/mol. The van der Waals surface area contributed by atoms with Crippen molar-refractivity contribution in [2.45, 2.75) is 95.8 Å². The molecule has 2 saturated carbocycles. The first kappa shape index (κ1) is 29.9. The monoisotopic (exact) mass is 584 g/mol. The maximum Gasteiger partial charge on any atom is 0.238 e. The number of hydrogen-bond acceptors (Lipinski definition) is 5. The van der Waals surface area contributed by atoms with Crippen LogP contribution >= 0.6 is 0 Å². The predicted octanol–water partition coefficient (Wildman–Crippen LogP) is 5.48. The van der Waals surface area contributed by atoms with Crippen molar-refractivity contribution in [2.24, 2.45) is 28.9 Å². The van der Waals surface area contributed by atoms with Crippen molar-refractivity contribution < 1.29 is 14.4 Å². The zero-order valence-corrected chi connectivity index (χ0v) is 26.3. The lowest BCUT2D eigenvalue weighted by Crippen LogP contribution is -2.58. The highest BCUT2D eigenvalue weighted by Crippen LogP contribution is 2.58. The minimum Gasteiger partial charge on any atom is -0.399 e. The maximum atomic E-state index is 14.5. The quantitative estimate of drug-likeness (QED) is 0.325. The molecule has 6 atom stereocenters. The number of imide groups is 1. The molecular formula is C36H48N4O3. The molecule has 0 saturated heterocycles. The molecule has 43 heavy (non-hydrogen) atoms. The first-order chi connectivity index (χ1) is 20.4. The largest absolute Gasteiger partial charge is 0.399 e. The lowest BCUT2D eigenvalue weighted by molar-refractivity contribution is -0.160. The van der Waals surface area contributed by atoms with Crippen molar-refractivity contribution in [1.29, 1.82) is 0 Å². The van der Waals surface area contributed by atoms with Crippen LogP contribution in [0.25, 0.3) is 0 Å². The van der Waals surface area contributed by atoms with Crippen molar-refractivity contribution in [1.82, 2.24) is 4.90 Å². The third-order valence-electron chi connectivity index (χ3n) is 12.3. The smallest absolute Gasteiger partial charge is 0.238 e. The summed E-state index contributed by atoms with van der Waals surface area (Å²) in [7, 11) is 1.74. The van der Waals surface area contributed by atoms with Crippen LogP contribution in [-0.2, 0) is 38.1 Å². The molecule has 6 rings (SSSR count). The fourth-order valence-corrected chi connectivity index (χ4v) is 10.1. The van der Waals surface area contributed by atoms with Crippen LogP contribution in [0.3, 0.4) is 0 Å². The van der Waals surface area contributed by atoms with Crippen molar-refractivity contribution >= 4 is 29.1 Å². The second-order valence-electron chi connectivity index (χ2n) is 14.6. The van der Waals surface area contributed by atoms with E-state index in [4.69, 9.17) is 11.5 Å². The van der Waals surface area contributed by atoms with Gasteiger partial charge in [-0.15, -0.1) is 0 Å². The van der Waals surface area contributed by atoms with Crippen LogP contribution in [0.15, 0.2) is 36.4 Å². The summed E-state index contributed by atoms with van der Waals surface area (Å²) < 4.78 is 0. The third kappa shape index (κ3) is 4.70. The van der Waals surface area contributed by atoms with Crippen LogP contribution in [0.5, 0.6) is 0 Å². The Morgan fingerprint density at radius 1 is 0.884 bits per heavy atom. The Balaban J connectivity index is 1.26. The van der Waals surface area contributed by atoms with Crippen LogP contribution in [-0.4, -0.2) is 36.2 Å². The van der Waals surface area contributed by atoms with Gasteiger partial charge in [-0.3, -0.25) is 19.3 Å². The van der Waals surface area contributed by atoms with Gasteiger partial charge in [0.15, 0.2) is 0 Å². The van der Waals surface area contributed by atoms with Crippen LogP contribution < -0.4 is 16.8 Å². The van der Waals surface area contributed by atoms with Crippen LogP contribution in [0, 0.1) is 23.2 Å². The minimum atomic E-state index is -0.604. The number of fused-ring (bicyclic) bond motifs is 6. The number of benzene rings is 2. The molecule has 0 heterocycles. The van der Waals surface area contributed by atoms with Crippen molar-refractivity contribution in [2.75, 3.05) is 24.6 Å². The number of anilines is 2. The van der Waals surface area contributed by atoms with Gasteiger partial charge >= 0.3 is 0 Å². The first-order valence-corrected chi connectivity index (χ1v) is 16.3. The number of aryl methyl sites for hydroxylation is 2. The molecule has 0 aliphatic heterocycles. The summed E-state index contributed by atoms with van der Waals surface area (Å²) in [5.41, 5.74) is 17.5. The van der Waals surface area contributed by atoms with E-state index in [1.807, 2.05) is 12.1 Å². The molecule has 3 amide bonds. The molecule has 0 bridgehead atoms. The molecule has 2 aromatic carbocycles. The summed E-state index contributed by atoms with van der Waals surface area (Å²) in [6.07, 6.45) is 9.21. The van der Waals surface area contributed by atoms with Crippen molar-refractivity contribution in [3.63, 3.8) is 0 Å². The number of nitrogen functional groups attached to an aromatic ring is 1. The average molecular weight is 585 g/mol. The van der Waals surface area contributed by atoms with Gasteiger partial charge in [0.1, 0.15) is 0 Å². The number of carbonyl (C=O) groups is 3. The molecule has 230 valence electrons. The fraction of sp³-hybridized carbons (Fsp3) is 0.583. The van der Waals surface area contributed by atoms with Crippen molar-refractivity contribution in [3.05, 3.63) is 58.7 Å². The highest BCUT2D eigenvalue weighted by atomic mass is 16.2. The van der Waals surface area contributed by atoms with E-state index in [2.05, 4.69) is 50.4 Å². The Kier molecular flexibility index (Phi) is 7.47. The zero-order chi connectivity index (χ0) is 30.7. The molecule has 4 aliphatic carbocycles. The SMILES string of the molecule is CN(C(=O)C1CCCC2(C)c3cc(NC(=O)CN)ccc3CCC12)C(=O)[C@@]1(C)CCCC2(C)c3cc(N)ccc3CCC21. The molecule has 4 aliphatic rings. The van der Waals surface area contributed by atoms with Crippen molar-refractivity contribution in [3.8, 4) is 0 Å². The lowest BCUT2D eigenvalue weighted by atomic mass is 9.49. The molecule has 7 heteroatoms. The van der Waals surface area contributed by atoms with E-state index in [-0.39, 0.29) is 52.8 Å². The zero-order valence-electron chi connectivity index (χ0n) is 26.3. The predicted molar refractivity (Wildman–Crippen MR) is 170 cm³/mol. The van der Waals surface area contributed by atoms with Crippen LogP contribution in [0.2, 0.25) is 0 Å². The van der Waals surface area contributed by atoms with Gasteiger partial charge < -0.3 is 16.8 Å². The minimum absolute atomic E-state index is 0.0175. The molecule has 2 fully saturated rings. The third-order valence-corrected chi connectivity index (χ3v) is 12.3. The number of carbonyl (C=O) groups excluding carboxylic acids is 3. The van der Waals surface area contributed by atoms with E-state index in [9.17, 15) is 14.4 Å². The molecule has 0 spiro atoms. The van der Waals surface area contributed by atoms with E-state index >= 15 is 0 Å². The number of amides is 3. The van der Waals surface area contributed by atoms with E-state index < -0.39 is 5.41 Å². The summed E-state index contributed by atoms with van der Waals surface area (Å²) >= 11 is 0. The normalized spacial score (nSPS) is 32.8. The second kappa shape index (κ2) is 10.8. The molecule has 0 radical (unpaired) electrons. The molecule has 5 N–H and O–H groups in total. The summed E-state index contributed by atoms with van der Waals surface area (Å²) in [5, 5.41) is 2.91.